The van der Waals surface area contributed by atoms with Gasteiger partial charge in [0.25, 0.3) is 0 Å². The molecule has 1 N–H and O–H groups in total. The van der Waals surface area contributed by atoms with Crippen molar-refractivity contribution in [1.82, 2.24) is 0 Å². The molecular weight excluding hydrogens is 352 g/mol. The minimum Gasteiger partial charge on any atom is -0.392 e. The van der Waals surface area contributed by atoms with E-state index in [0.29, 0.717) is 17.0 Å². The van der Waals surface area contributed by atoms with Crippen LogP contribution in [0.3, 0.4) is 0 Å². The average molecular weight is 376 g/mol. The van der Waals surface area contributed by atoms with Crippen LogP contribution in [0.5, 0.6) is 0 Å². The Morgan fingerprint density at radius 2 is 1.92 bits per heavy atom. The van der Waals surface area contributed by atoms with Crippen molar-refractivity contribution in [3.05, 3.63) is 35.4 Å². The quantitative estimate of drug-likeness (QED) is 0.608. The molecule has 140 valence electrons. The van der Waals surface area contributed by atoms with E-state index in [-0.39, 0.29) is 28.9 Å². The highest BCUT2D eigenvalue weighted by molar-refractivity contribution is 7.86. The number of oxime groups is 1. The van der Waals surface area contributed by atoms with E-state index in [1.165, 1.54) is 0 Å². The van der Waals surface area contributed by atoms with Crippen molar-refractivity contribution in [3.8, 4) is 6.07 Å². The van der Waals surface area contributed by atoms with Crippen LogP contribution in [0.15, 0.2) is 29.4 Å². The highest BCUT2D eigenvalue weighted by Gasteiger charge is 2.60. The Kier molecular flexibility index (Phi) is 4.84. The van der Waals surface area contributed by atoms with E-state index in [1.807, 2.05) is 6.07 Å². The van der Waals surface area contributed by atoms with Gasteiger partial charge in [0, 0.05) is 5.56 Å². The fraction of sp³-hybridized carbons (Fsp3) is 0.579. The van der Waals surface area contributed by atoms with Gasteiger partial charge in [0.15, 0.2) is 5.71 Å². The molecule has 0 heterocycles. The molecule has 0 saturated heterocycles. The molecule has 2 saturated carbocycles. The monoisotopic (exact) mass is 376 g/mol. The number of aliphatic hydroxyl groups excluding tert-OH is 1. The van der Waals surface area contributed by atoms with Gasteiger partial charge < -0.3 is 5.11 Å². The van der Waals surface area contributed by atoms with Gasteiger partial charge >= 0.3 is 10.1 Å². The molecule has 1 aromatic carbocycles. The molecule has 0 aliphatic heterocycles. The molecule has 0 unspecified atom stereocenters. The molecule has 2 aliphatic carbocycles. The summed E-state index contributed by atoms with van der Waals surface area (Å²) in [5, 5.41) is 21.9. The van der Waals surface area contributed by atoms with Gasteiger partial charge in [-0.1, -0.05) is 43.3 Å². The van der Waals surface area contributed by atoms with Gasteiger partial charge in [-0.05, 0) is 48.0 Å². The van der Waals surface area contributed by atoms with Gasteiger partial charge in [-0.2, -0.15) is 13.7 Å². The van der Waals surface area contributed by atoms with E-state index in [9.17, 15) is 13.7 Å². The summed E-state index contributed by atoms with van der Waals surface area (Å²) in [5.41, 5.74) is 0.746. The molecule has 2 aliphatic rings. The van der Waals surface area contributed by atoms with Crippen LogP contribution in [0.25, 0.3) is 0 Å². The second-order valence-electron chi connectivity index (χ2n) is 7.96. The van der Waals surface area contributed by atoms with Crippen molar-refractivity contribution < 1.29 is 17.8 Å². The Morgan fingerprint density at radius 1 is 1.31 bits per heavy atom. The SMILES string of the molecule is CC1(C)C2CCC1(CS(=O)(=O)O/N=C(\C#N)c1ccc(CO)cc1)CC2. The number of hydrogen-bond acceptors (Lipinski definition) is 6. The molecule has 6 nitrogen and oxygen atoms in total. The Labute approximate surface area is 154 Å². The summed E-state index contributed by atoms with van der Waals surface area (Å²) < 4.78 is 30.0. The van der Waals surface area contributed by atoms with Crippen molar-refractivity contribution in [1.29, 1.82) is 5.26 Å². The minimum atomic E-state index is -3.88. The number of nitrogens with zero attached hydrogens (tertiary/aromatic N) is 2. The van der Waals surface area contributed by atoms with Gasteiger partial charge in [0.1, 0.15) is 6.07 Å². The van der Waals surface area contributed by atoms with Gasteiger partial charge in [0.05, 0.1) is 12.4 Å². The van der Waals surface area contributed by atoms with Gasteiger partial charge in [-0.3, -0.25) is 4.28 Å². The molecule has 7 heteroatoms. The number of benzene rings is 1. The Bertz CT molecular complexity index is 843. The zero-order valence-corrected chi connectivity index (χ0v) is 15.9. The zero-order chi connectivity index (χ0) is 19.0. The highest BCUT2D eigenvalue weighted by Crippen LogP contribution is 2.66. The average Bonchev–Trinajstić information content (AvgIpc) is 2.99. The first-order valence-electron chi connectivity index (χ1n) is 8.83. The van der Waals surface area contributed by atoms with Crippen molar-refractivity contribution in [2.24, 2.45) is 21.9 Å². The van der Waals surface area contributed by atoms with Crippen molar-refractivity contribution in [2.75, 3.05) is 5.75 Å². The first-order chi connectivity index (χ1) is 12.2. The molecule has 0 amide bonds. The highest BCUT2D eigenvalue weighted by atomic mass is 32.2. The van der Waals surface area contributed by atoms with E-state index in [0.717, 1.165) is 25.7 Å². The van der Waals surface area contributed by atoms with Crippen LogP contribution in [-0.4, -0.2) is 25.0 Å². The topological polar surface area (TPSA) is 99.8 Å². The second-order valence-corrected chi connectivity index (χ2v) is 9.51. The summed E-state index contributed by atoms with van der Waals surface area (Å²) in [6, 6.07) is 8.37. The number of rotatable bonds is 6. The van der Waals surface area contributed by atoms with E-state index < -0.39 is 10.1 Å². The predicted octanol–water partition coefficient (Wildman–Crippen LogP) is 2.97. The Balaban J connectivity index is 1.76. The fourth-order valence-corrected chi connectivity index (χ4v) is 6.24. The molecule has 2 bridgehead atoms. The van der Waals surface area contributed by atoms with Crippen LogP contribution in [-0.2, 0) is 21.0 Å². The summed E-state index contributed by atoms with van der Waals surface area (Å²) in [4.78, 5) is 0. The molecular formula is C19H24N2O4S. The van der Waals surface area contributed by atoms with Crippen LogP contribution >= 0.6 is 0 Å². The first-order valence-corrected chi connectivity index (χ1v) is 10.4. The molecule has 1 aromatic rings. The predicted molar refractivity (Wildman–Crippen MR) is 97.6 cm³/mol. The number of fused-ring (bicyclic) bond motifs is 2. The molecule has 0 spiro atoms. The maximum absolute atomic E-state index is 12.5. The number of aliphatic hydroxyl groups is 1. The van der Waals surface area contributed by atoms with E-state index in [1.54, 1.807) is 24.3 Å². The minimum absolute atomic E-state index is 0.0225. The molecule has 3 rings (SSSR count). The van der Waals surface area contributed by atoms with Crippen LogP contribution in [0, 0.1) is 28.1 Å². The standard InChI is InChI=1S/C19H24N2O4S/c1-18(2)16-7-9-19(18,10-8-16)13-26(23,24)25-21-17(11-20)15-5-3-14(12-22)4-6-15/h3-6,16,22H,7-10,12-13H2,1-2H3/b21-17+. The normalized spacial score (nSPS) is 27.3. The molecule has 0 atom stereocenters. The Morgan fingerprint density at radius 3 is 2.38 bits per heavy atom. The summed E-state index contributed by atoms with van der Waals surface area (Å²) in [7, 11) is -3.88. The van der Waals surface area contributed by atoms with Crippen LogP contribution in [0.4, 0.5) is 0 Å². The van der Waals surface area contributed by atoms with E-state index in [2.05, 4.69) is 19.0 Å². The van der Waals surface area contributed by atoms with Crippen molar-refractivity contribution >= 4 is 15.8 Å². The third-order valence-electron chi connectivity index (χ3n) is 6.54. The zero-order valence-electron chi connectivity index (χ0n) is 15.1. The summed E-state index contributed by atoms with van der Waals surface area (Å²) in [5.74, 6) is 0.510. The lowest BCUT2D eigenvalue weighted by Crippen LogP contribution is -2.37. The van der Waals surface area contributed by atoms with E-state index in [4.69, 9.17) is 9.39 Å². The maximum Gasteiger partial charge on any atom is 0.329 e. The summed E-state index contributed by atoms with van der Waals surface area (Å²) in [6.07, 6.45) is 3.91. The van der Waals surface area contributed by atoms with Gasteiger partial charge in [-0.25, -0.2) is 0 Å². The van der Waals surface area contributed by atoms with Gasteiger partial charge in [0.2, 0.25) is 0 Å². The van der Waals surface area contributed by atoms with E-state index >= 15 is 0 Å². The third kappa shape index (κ3) is 3.24. The van der Waals surface area contributed by atoms with Crippen LogP contribution in [0.1, 0.15) is 50.7 Å². The van der Waals surface area contributed by atoms with Crippen molar-refractivity contribution in [3.63, 3.8) is 0 Å². The summed E-state index contributed by atoms with van der Waals surface area (Å²) in [6.45, 7) is 4.20. The number of hydrogen-bond donors (Lipinski definition) is 1. The first kappa shape index (κ1) is 18.9. The maximum atomic E-state index is 12.5. The van der Waals surface area contributed by atoms with Crippen LogP contribution in [0.2, 0.25) is 0 Å². The Hall–Kier alpha value is -1.91. The number of nitriles is 1. The lowest BCUT2D eigenvalue weighted by Gasteiger charge is -2.37. The molecule has 26 heavy (non-hydrogen) atoms. The van der Waals surface area contributed by atoms with Crippen molar-refractivity contribution in [2.45, 2.75) is 46.1 Å². The molecule has 0 aromatic heterocycles. The second kappa shape index (κ2) is 6.67. The summed E-state index contributed by atoms with van der Waals surface area (Å²) >= 11 is 0. The van der Waals surface area contributed by atoms with Crippen LogP contribution < -0.4 is 0 Å². The largest absolute Gasteiger partial charge is 0.392 e. The lowest BCUT2D eigenvalue weighted by molar-refractivity contribution is 0.150. The smallest absolute Gasteiger partial charge is 0.329 e. The lowest BCUT2D eigenvalue weighted by atomic mass is 9.71. The molecule has 2 fully saturated rings. The fourth-order valence-electron chi connectivity index (χ4n) is 4.66. The van der Waals surface area contributed by atoms with Gasteiger partial charge in [-0.15, -0.1) is 0 Å². The third-order valence-corrected chi connectivity index (χ3v) is 7.75. The molecule has 0 radical (unpaired) electrons.